The fourth-order valence-corrected chi connectivity index (χ4v) is 3.63. The molecule has 0 saturated carbocycles. The number of benzene rings is 2. The third kappa shape index (κ3) is 3.85. The molecule has 0 amide bonds. The molecule has 1 aromatic heterocycles. The van der Waals surface area contributed by atoms with Crippen LogP contribution in [0.5, 0.6) is 0 Å². The number of carbonyl (C=O) groups is 1. The fourth-order valence-electron chi connectivity index (χ4n) is 2.43. The van der Waals surface area contributed by atoms with E-state index in [0.717, 1.165) is 0 Å². The fraction of sp³-hybridized carbons (Fsp3) is 0.105. The minimum Gasteiger partial charge on any atom is -0.293 e. The van der Waals surface area contributed by atoms with Gasteiger partial charge in [0.2, 0.25) is 0 Å². The first-order chi connectivity index (χ1) is 12.5. The molecular weight excluding hydrogens is 391 g/mol. The van der Waals surface area contributed by atoms with Crippen LogP contribution in [0.1, 0.15) is 10.4 Å². The summed E-state index contributed by atoms with van der Waals surface area (Å²) < 4.78 is 1.52. The van der Waals surface area contributed by atoms with Crippen LogP contribution in [0.15, 0.2) is 65.1 Å². The maximum absolute atomic E-state index is 12.7. The molecule has 0 N–H and O–H groups in total. The van der Waals surface area contributed by atoms with Crippen molar-refractivity contribution in [2.45, 2.75) is 11.7 Å². The quantitative estimate of drug-likeness (QED) is 0.254. The van der Waals surface area contributed by atoms with Gasteiger partial charge >= 0.3 is 0 Å². The Balaban J connectivity index is 1.91. The lowest BCUT2D eigenvalue weighted by atomic mass is 10.1. The summed E-state index contributed by atoms with van der Waals surface area (Å²) in [5.74, 6) is 0.000929. The van der Waals surface area contributed by atoms with Gasteiger partial charge in [0.05, 0.1) is 26.7 Å². The lowest BCUT2D eigenvalue weighted by Crippen LogP contribution is -2.23. The number of carbonyl (C=O) groups excluding carboxylic acids is 1. The monoisotopic (exact) mass is 404 g/mol. The van der Waals surface area contributed by atoms with E-state index in [9.17, 15) is 9.59 Å². The van der Waals surface area contributed by atoms with Crippen molar-refractivity contribution in [3.8, 4) is 0 Å². The number of ketones is 1. The number of hydrogen-bond donors (Lipinski definition) is 0. The Morgan fingerprint density at radius 3 is 2.69 bits per heavy atom. The van der Waals surface area contributed by atoms with Gasteiger partial charge in [-0.3, -0.25) is 14.2 Å². The van der Waals surface area contributed by atoms with Crippen LogP contribution in [-0.2, 0) is 6.54 Å². The van der Waals surface area contributed by atoms with Crippen LogP contribution < -0.4 is 5.56 Å². The van der Waals surface area contributed by atoms with Gasteiger partial charge in [0.15, 0.2) is 10.9 Å². The number of aromatic nitrogens is 2. The van der Waals surface area contributed by atoms with Crippen LogP contribution in [-0.4, -0.2) is 21.1 Å². The number of thioether (sulfide) groups is 1. The minimum atomic E-state index is -0.153. The maximum atomic E-state index is 12.7. The molecule has 0 aliphatic rings. The van der Waals surface area contributed by atoms with Gasteiger partial charge < -0.3 is 0 Å². The summed E-state index contributed by atoms with van der Waals surface area (Å²) in [6.45, 7) is 4.01. The average molecular weight is 405 g/mol. The highest BCUT2D eigenvalue weighted by Gasteiger charge is 2.14. The van der Waals surface area contributed by atoms with Gasteiger partial charge in [-0.2, -0.15) is 0 Å². The Hall–Kier alpha value is -2.08. The van der Waals surface area contributed by atoms with Crippen molar-refractivity contribution in [1.29, 1.82) is 0 Å². The lowest BCUT2D eigenvalue weighted by molar-refractivity contribution is 0.102. The van der Waals surface area contributed by atoms with E-state index in [-0.39, 0.29) is 17.1 Å². The number of fused-ring (bicyclic) bond motifs is 1. The van der Waals surface area contributed by atoms with Crippen LogP contribution in [0.2, 0.25) is 10.0 Å². The van der Waals surface area contributed by atoms with Crippen molar-refractivity contribution in [2.24, 2.45) is 0 Å². The summed E-state index contributed by atoms with van der Waals surface area (Å²) in [7, 11) is 0. The summed E-state index contributed by atoms with van der Waals surface area (Å²) in [5, 5.41) is 1.73. The molecule has 0 aliphatic carbocycles. The molecule has 0 unspecified atom stereocenters. The molecule has 3 rings (SSSR count). The summed E-state index contributed by atoms with van der Waals surface area (Å²) in [4.78, 5) is 29.7. The smallest absolute Gasteiger partial charge is 0.262 e. The van der Waals surface area contributed by atoms with Gasteiger partial charge in [-0.15, -0.1) is 6.58 Å². The van der Waals surface area contributed by atoms with Gasteiger partial charge in [0, 0.05) is 12.1 Å². The zero-order valence-corrected chi connectivity index (χ0v) is 15.9. The topological polar surface area (TPSA) is 52.0 Å². The van der Waals surface area contributed by atoms with E-state index in [1.807, 2.05) is 6.07 Å². The van der Waals surface area contributed by atoms with Crippen LogP contribution in [0.25, 0.3) is 10.9 Å². The second kappa shape index (κ2) is 8.08. The SMILES string of the molecule is C=CCn1c(SCC(=O)c2ccc(Cl)c(Cl)c2)nc2ccccc2c1=O. The second-order valence-corrected chi connectivity index (χ2v) is 7.21. The Morgan fingerprint density at radius 2 is 1.96 bits per heavy atom. The number of Topliss-reactive ketones (excluding diaryl/α,β-unsaturated/α-hetero) is 1. The Kier molecular flexibility index (Phi) is 5.81. The van der Waals surface area contributed by atoms with E-state index in [0.29, 0.717) is 38.2 Å². The van der Waals surface area contributed by atoms with Crippen molar-refractivity contribution < 1.29 is 4.79 Å². The molecule has 26 heavy (non-hydrogen) atoms. The maximum Gasteiger partial charge on any atom is 0.262 e. The number of hydrogen-bond acceptors (Lipinski definition) is 4. The third-order valence-electron chi connectivity index (χ3n) is 3.71. The molecule has 0 fully saturated rings. The minimum absolute atomic E-state index is 0.124. The molecule has 0 saturated heterocycles. The van der Waals surface area contributed by atoms with Crippen molar-refractivity contribution in [3.63, 3.8) is 0 Å². The van der Waals surface area contributed by atoms with Gasteiger partial charge in [0.25, 0.3) is 5.56 Å². The first-order valence-corrected chi connectivity index (χ1v) is 9.47. The molecule has 4 nitrogen and oxygen atoms in total. The standard InChI is InChI=1S/C19H14Cl2N2O2S/c1-2-9-23-18(25)13-5-3-4-6-16(13)22-19(23)26-11-17(24)12-7-8-14(20)15(21)10-12/h2-8,10H,1,9,11H2. The van der Waals surface area contributed by atoms with Gasteiger partial charge in [-0.05, 0) is 30.3 Å². The normalized spacial score (nSPS) is 10.8. The zero-order chi connectivity index (χ0) is 18.7. The highest BCUT2D eigenvalue weighted by molar-refractivity contribution is 7.99. The highest BCUT2D eigenvalue weighted by atomic mass is 35.5. The van der Waals surface area contributed by atoms with E-state index in [1.54, 1.807) is 36.4 Å². The van der Waals surface area contributed by atoms with Crippen molar-refractivity contribution in [2.75, 3.05) is 5.75 Å². The summed E-state index contributed by atoms with van der Waals surface area (Å²) in [6, 6.07) is 11.9. The van der Waals surface area contributed by atoms with Gasteiger partial charge in [-0.25, -0.2) is 4.98 Å². The lowest BCUT2D eigenvalue weighted by Gasteiger charge is -2.11. The highest BCUT2D eigenvalue weighted by Crippen LogP contribution is 2.24. The summed E-state index contributed by atoms with van der Waals surface area (Å²) in [6.07, 6.45) is 1.63. The first kappa shape index (κ1) is 18.7. The Morgan fingerprint density at radius 1 is 1.19 bits per heavy atom. The van der Waals surface area contributed by atoms with E-state index in [2.05, 4.69) is 11.6 Å². The molecule has 0 radical (unpaired) electrons. The number of rotatable bonds is 6. The molecular formula is C19H14Cl2N2O2S. The van der Waals surface area contributed by atoms with E-state index >= 15 is 0 Å². The average Bonchev–Trinajstić information content (AvgIpc) is 2.64. The van der Waals surface area contributed by atoms with Crippen molar-refractivity contribution in [3.05, 3.63) is 81.1 Å². The van der Waals surface area contributed by atoms with E-state index in [4.69, 9.17) is 23.2 Å². The Labute approximate surface area is 164 Å². The molecule has 0 aliphatic heterocycles. The molecule has 132 valence electrons. The number of para-hydroxylation sites is 1. The predicted molar refractivity (Wildman–Crippen MR) is 108 cm³/mol. The zero-order valence-electron chi connectivity index (χ0n) is 13.6. The molecule has 7 heteroatoms. The van der Waals surface area contributed by atoms with Gasteiger partial charge in [-0.1, -0.05) is 53.2 Å². The van der Waals surface area contributed by atoms with Crippen LogP contribution >= 0.6 is 35.0 Å². The van der Waals surface area contributed by atoms with E-state index < -0.39 is 0 Å². The summed E-state index contributed by atoms with van der Waals surface area (Å²) >= 11 is 13.1. The van der Waals surface area contributed by atoms with Crippen LogP contribution in [0.3, 0.4) is 0 Å². The molecule has 0 atom stereocenters. The first-order valence-electron chi connectivity index (χ1n) is 7.73. The molecule has 3 aromatic rings. The molecule has 0 bridgehead atoms. The predicted octanol–water partition coefficient (Wildman–Crippen LogP) is 4.86. The van der Waals surface area contributed by atoms with E-state index in [1.165, 1.54) is 22.4 Å². The van der Waals surface area contributed by atoms with Crippen LogP contribution in [0, 0.1) is 0 Å². The largest absolute Gasteiger partial charge is 0.293 e. The van der Waals surface area contributed by atoms with Crippen molar-refractivity contribution >= 4 is 51.6 Å². The Bertz CT molecular complexity index is 1060. The van der Waals surface area contributed by atoms with Crippen LogP contribution in [0.4, 0.5) is 0 Å². The number of halogens is 2. The number of nitrogens with zero attached hydrogens (tertiary/aromatic N) is 2. The second-order valence-electron chi connectivity index (χ2n) is 5.46. The van der Waals surface area contributed by atoms with Gasteiger partial charge in [0.1, 0.15) is 0 Å². The summed E-state index contributed by atoms with van der Waals surface area (Å²) in [5.41, 5.74) is 0.910. The molecule has 2 aromatic carbocycles. The molecule has 0 spiro atoms. The third-order valence-corrected chi connectivity index (χ3v) is 5.43. The van der Waals surface area contributed by atoms with Crippen molar-refractivity contribution in [1.82, 2.24) is 9.55 Å². The number of allylic oxidation sites excluding steroid dienone is 1. The molecule has 1 heterocycles.